The molecule has 6 heteroatoms. The van der Waals surface area contributed by atoms with E-state index in [1.54, 1.807) is 11.3 Å². The summed E-state index contributed by atoms with van der Waals surface area (Å²) in [6.45, 7) is 3.09. The molecule has 3 atom stereocenters. The molecule has 0 bridgehead atoms. The summed E-state index contributed by atoms with van der Waals surface area (Å²) in [6, 6.07) is 12.1. The molecule has 0 saturated carbocycles. The molecule has 29 heavy (non-hydrogen) atoms. The number of carbonyl (C=O) groups is 1. The van der Waals surface area contributed by atoms with E-state index >= 15 is 0 Å². The molecular weight excluding hydrogens is 386 g/mol. The first kappa shape index (κ1) is 21.6. The van der Waals surface area contributed by atoms with E-state index in [2.05, 4.69) is 16.8 Å². The Labute approximate surface area is 176 Å². The van der Waals surface area contributed by atoms with Crippen LogP contribution in [0.25, 0.3) is 0 Å². The van der Waals surface area contributed by atoms with Crippen molar-refractivity contribution < 1.29 is 19.4 Å². The van der Waals surface area contributed by atoms with Crippen LogP contribution in [0.3, 0.4) is 0 Å². The Balaban J connectivity index is 1.72. The zero-order chi connectivity index (χ0) is 20.5. The summed E-state index contributed by atoms with van der Waals surface area (Å²) in [6.07, 6.45) is 3.61. The van der Waals surface area contributed by atoms with Gasteiger partial charge in [-0.1, -0.05) is 30.3 Å². The van der Waals surface area contributed by atoms with E-state index in [0.29, 0.717) is 25.3 Å². The Kier molecular flexibility index (Phi) is 8.28. The van der Waals surface area contributed by atoms with Crippen molar-refractivity contribution in [2.24, 2.45) is 5.92 Å². The second-order valence-corrected chi connectivity index (χ2v) is 7.86. The van der Waals surface area contributed by atoms with Crippen molar-refractivity contribution >= 4 is 17.2 Å². The molecule has 0 unspecified atom stereocenters. The lowest BCUT2D eigenvalue weighted by atomic mass is 9.81. The predicted molar refractivity (Wildman–Crippen MR) is 115 cm³/mol. The van der Waals surface area contributed by atoms with Crippen LogP contribution in [0.15, 0.2) is 59.0 Å². The van der Waals surface area contributed by atoms with Crippen LogP contribution >= 0.6 is 11.3 Å². The molecule has 156 valence electrons. The highest BCUT2D eigenvalue weighted by atomic mass is 32.1. The van der Waals surface area contributed by atoms with Gasteiger partial charge >= 0.3 is 0 Å². The third-order valence-electron chi connectivity index (χ3n) is 5.11. The summed E-state index contributed by atoms with van der Waals surface area (Å²) in [4.78, 5) is 12.8. The minimum atomic E-state index is -0.503. The molecule has 1 aromatic heterocycles. The Morgan fingerprint density at radius 1 is 1.28 bits per heavy atom. The van der Waals surface area contributed by atoms with Gasteiger partial charge in [0.05, 0.1) is 0 Å². The minimum Gasteiger partial charge on any atom is -0.459 e. The fraction of sp³-hybridized carbons (Fsp3) is 0.435. The van der Waals surface area contributed by atoms with Gasteiger partial charge in [-0.25, -0.2) is 0 Å². The molecule has 0 aliphatic carbocycles. The highest BCUT2D eigenvalue weighted by molar-refractivity contribution is 7.08. The lowest BCUT2D eigenvalue weighted by molar-refractivity contribution is -0.166. The van der Waals surface area contributed by atoms with Crippen LogP contribution in [0.1, 0.15) is 36.8 Å². The van der Waals surface area contributed by atoms with Crippen molar-refractivity contribution in [3.05, 3.63) is 70.1 Å². The second kappa shape index (κ2) is 11.1. The lowest BCUT2D eigenvalue weighted by Gasteiger charge is -2.36. The van der Waals surface area contributed by atoms with Gasteiger partial charge in [0.1, 0.15) is 0 Å². The average Bonchev–Trinajstić information content (AvgIpc) is 3.28. The van der Waals surface area contributed by atoms with Crippen molar-refractivity contribution in [3.8, 4) is 0 Å². The van der Waals surface area contributed by atoms with E-state index in [9.17, 15) is 9.90 Å². The molecule has 2 heterocycles. The number of aliphatic hydroxyl groups excluding tert-OH is 1. The van der Waals surface area contributed by atoms with Gasteiger partial charge in [-0.15, -0.1) is 0 Å². The highest BCUT2D eigenvalue weighted by Crippen LogP contribution is 2.40. The van der Waals surface area contributed by atoms with Gasteiger partial charge in [-0.2, -0.15) is 11.3 Å². The van der Waals surface area contributed by atoms with E-state index in [1.807, 2.05) is 48.7 Å². The molecule has 1 aliphatic heterocycles. The number of benzene rings is 1. The molecule has 0 radical (unpaired) electrons. The fourth-order valence-electron chi connectivity index (χ4n) is 3.66. The maximum Gasteiger partial charge on any atom is 0.286 e. The first-order valence-electron chi connectivity index (χ1n) is 10.2. The maximum atomic E-state index is 12.8. The monoisotopic (exact) mass is 415 g/mol. The maximum absolute atomic E-state index is 12.8. The van der Waals surface area contributed by atoms with Gasteiger partial charge in [0, 0.05) is 31.6 Å². The lowest BCUT2D eigenvalue weighted by Crippen LogP contribution is -2.39. The normalized spacial score (nSPS) is 21.3. The number of thiophene rings is 1. The molecule has 1 amide bonds. The third kappa shape index (κ3) is 5.92. The molecule has 2 N–H and O–H groups in total. The highest BCUT2D eigenvalue weighted by Gasteiger charge is 2.37. The van der Waals surface area contributed by atoms with Gasteiger partial charge in [-0.3, -0.25) is 4.79 Å². The zero-order valence-corrected chi connectivity index (χ0v) is 17.6. The van der Waals surface area contributed by atoms with E-state index in [-0.39, 0.29) is 24.3 Å². The molecule has 3 rings (SSSR count). The van der Waals surface area contributed by atoms with Crippen LogP contribution in [0.2, 0.25) is 0 Å². The van der Waals surface area contributed by atoms with Crippen molar-refractivity contribution in [1.29, 1.82) is 0 Å². The first-order valence-corrected chi connectivity index (χ1v) is 11.1. The molecule has 1 aliphatic rings. The Bertz CT molecular complexity index is 775. The van der Waals surface area contributed by atoms with Gasteiger partial charge in [0.25, 0.3) is 5.91 Å². The summed E-state index contributed by atoms with van der Waals surface area (Å²) in [5.74, 6) is 0.171. The zero-order valence-electron chi connectivity index (χ0n) is 16.8. The summed E-state index contributed by atoms with van der Waals surface area (Å²) in [5.41, 5.74) is 2.33. The van der Waals surface area contributed by atoms with E-state index in [1.165, 1.54) is 5.56 Å². The smallest absolute Gasteiger partial charge is 0.286 e. The largest absolute Gasteiger partial charge is 0.459 e. The van der Waals surface area contributed by atoms with E-state index in [0.717, 1.165) is 18.4 Å². The Hall–Kier alpha value is -2.15. The molecule has 0 fully saturated rings. The number of hydrogen-bond donors (Lipinski definition) is 2. The van der Waals surface area contributed by atoms with Gasteiger partial charge in [-0.05, 0) is 60.2 Å². The van der Waals surface area contributed by atoms with Crippen molar-refractivity contribution in [2.75, 3.05) is 19.8 Å². The van der Waals surface area contributed by atoms with Crippen molar-refractivity contribution in [3.63, 3.8) is 0 Å². The van der Waals surface area contributed by atoms with Crippen LogP contribution < -0.4 is 5.32 Å². The van der Waals surface area contributed by atoms with Gasteiger partial charge in [0.2, 0.25) is 6.29 Å². The Morgan fingerprint density at radius 3 is 2.79 bits per heavy atom. The Morgan fingerprint density at radius 2 is 2.10 bits per heavy atom. The predicted octanol–water partition coefficient (Wildman–Crippen LogP) is 3.86. The summed E-state index contributed by atoms with van der Waals surface area (Å²) in [5, 5.41) is 16.4. The summed E-state index contributed by atoms with van der Waals surface area (Å²) in [7, 11) is 0. The number of nitrogens with one attached hydrogen (secondary N) is 1. The molecule has 2 aromatic rings. The average molecular weight is 416 g/mol. The molecular formula is C23H29NO4S. The number of allylic oxidation sites excluding steroid dienone is 1. The van der Waals surface area contributed by atoms with Crippen LogP contribution in [0, 0.1) is 5.92 Å². The number of ether oxygens (including phenoxy) is 2. The first-order chi connectivity index (χ1) is 14.2. The van der Waals surface area contributed by atoms with Crippen LogP contribution in [-0.4, -0.2) is 37.1 Å². The van der Waals surface area contributed by atoms with E-state index < -0.39 is 6.29 Å². The topological polar surface area (TPSA) is 67.8 Å². The SMILES string of the molecule is CCO[C@H]1OC(C(=O)NCCc2ccccc2)=C[C@@H](c2ccsc2)[C@@H]1CCCO. The number of hydrogen-bond acceptors (Lipinski definition) is 5. The molecule has 1 aromatic carbocycles. The summed E-state index contributed by atoms with van der Waals surface area (Å²) < 4.78 is 11.8. The summed E-state index contributed by atoms with van der Waals surface area (Å²) >= 11 is 1.63. The molecule has 5 nitrogen and oxygen atoms in total. The number of aliphatic hydroxyl groups is 1. The second-order valence-electron chi connectivity index (χ2n) is 7.08. The van der Waals surface area contributed by atoms with Crippen LogP contribution in [0.5, 0.6) is 0 Å². The van der Waals surface area contributed by atoms with Crippen LogP contribution in [0.4, 0.5) is 0 Å². The minimum absolute atomic E-state index is 0.0213. The van der Waals surface area contributed by atoms with Crippen molar-refractivity contribution in [1.82, 2.24) is 5.32 Å². The number of carbonyl (C=O) groups excluding carboxylic acids is 1. The van der Waals surface area contributed by atoms with Crippen LogP contribution in [-0.2, 0) is 20.7 Å². The van der Waals surface area contributed by atoms with Gasteiger partial charge < -0.3 is 19.9 Å². The third-order valence-corrected chi connectivity index (χ3v) is 5.81. The number of rotatable bonds is 10. The molecule has 0 saturated heterocycles. The fourth-order valence-corrected chi connectivity index (χ4v) is 4.37. The van der Waals surface area contributed by atoms with Crippen molar-refractivity contribution in [2.45, 2.75) is 38.4 Å². The van der Waals surface area contributed by atoms with E-state index in [4.69, 9.17) is 9.47 Å². The number of amides is 1. The quantitative estimate of drug-likeness (QED) is 0.618. The molecule has 0 spiro atoms. The van der Waals surface area contributed by atoms with Gasteiger partial charge in [0.15, 0.2) is 5.76 Å². The standard InChI is InChI=1S/C23H29NO4S/c1-2-27-23-19(9-6-13-25)20(18-11-14-29-16-18)15-21(28-23)22(26)24-12-10-17-7-4-3-5-8-17/h3-5,7-8,11,14-16,19-20,23,25H,2,6,9-10,12-13H2,1H3,(H,24,26)/t19-,20-,23-/m0/s1.